The Balaban J connectivity index is 3.30. The number of carbonyl (C=O) groups is 4. The van der Waals surface area contributed by atoms with E-state index in [1.807, 2.05) is 27.7 Å². The summed E-state index contributed by atoms with van der Waals surface area (Å²) in [6.07, 6.45) is 1.21. The molecule has 238 valence electrons. The molecule has 0 fully saturated rings. The van der Waals surface area contributed by atoms with Gasteiger partial charge < -0.3 is 39.3 Å². The fourth-order valence-corrected chi connectivity index (χ4v) is 3.96. The summed E-state index contributed by atoms with van der Waals surface area (Å²) >= 11 is 0. The molecule has 12 nitrogen and oxygen atoms in total. The molecule has 0 radical (unpaired) electrons. The van der Waals surface area contributed by atoms with E-state index in [9.17, 15) is 24.3 Å². The van der Waals surface area contributed by atoms with Crippen LogP contribution in [0.15, 0.2) is 18.2 Å². The molecule has 1 aromatic carbocycles. The van der Waals surface area contributed by atoms with Crippen molar-refractivity contribution in [3.8, 4) is 11.5 Å². The van der Waals surface area contributed by atoms with E-state index in [0.717, 1.165) is 25.7 Å². The SMILES string of the molecule is CCCCCOC(=O)Oc1ccc(C(C(C)C(C)OC(=O)OCC(C)C)[C@H](N)C(=O)O)cc1OC(=O)OCCCCC. The molecule has 42 heavy (non-hydrogen) atoms. The number of unbranched alkanes of at least 4 members (excludes halogenated alkanes) is 4. The topological polar surface area (TPSA) is 170 Å². The van der Waals surface area contributed by atoms with E-state index in [1.54, 1.807) is 13.8 Å². The molecule has 0 heterocycles. The first-order valence-corrected chi connectivity index (χ1v) is 14.6. The summed E-state index contributed by atoms with van der Waals surface area (Å²) in [6, 6.07) is 2.76. The lowest BCUT2D eigenvalue weighted by atomic mass is 9.79. The Morgan fingerprint density at radius 1 is 0.786 bits per heavy atom. The molecule has 0 amide bonds. The van der Waals surface area contributed by atoms with Gasteiger partial charge in [-0.3, -0.25) is 4.79 Å². The van der Waals surface area contributed by atoms with Gasteiger partial charge in [-0.25, -0.2) is 14.4 Å². The minimum Gasteiger partial charge on any atom is -0.480 e. The first-order chi connectivity index (χ1) is 19.9. The lowest BCUT2D eigenvalue weighted by Crippen LogP contribution is -2.42. The Bertz CT molecular complexity index is 997. The van der Waals surface area contributed by atoms with Crippen LogP contribution in [0, 0.1) is 11.8 Å². The Hall–Kier alpha value is -3.54. The zero-order valence-corrected chi connectivity index (χ0v) is 25.6. The number of rotatable bonds is 18. The second-order valence-electron chi connectivity index (χ2n) is 10.5. The summed E-state index contributed by atoms with van der Waals surface area (Å²) < 4.78 is 31.4. The Labute approximate surface area is 248 Å². The number of hydrogen-bond acceptors (Lipinski definition) is 11. The van der Waals surface area contributed by atoms with Crippen LogP contribution in [0.2, 0.25) is 0 Å². The minimum atomic E-state index is -1.43. The van der Waals surface area contributed by atoms with Crippen molar-refractivity contribution in [1.29, 1.82) is 0 Å². The Morgan fingerprint density at radius 3 is 1.83 bits per heavy atom. The molecule has 0 aliphatic heterocycles. The van der Waals surface area contributed by atoms with Crippen molar-refractivity contribution >= 4 is 24.4 Å². The number of benzene rings is 1. The van der Waals surface area contributed by atoms with Crippen molar-refractivity contribution in [3.05, 3.63) is 23.8 Å². The Kier molecular flexibility index (Phi) is 17.0. The van der Waals surface area contributed by atoms with E-state index < -0.39 is 48.4 Å². The zero-order chi connectivity index (χ0) is 31.7. The third kappa shape index (κ3) is 13.4. The number of ether oxygens (including phenoxy) is 6. The maximum absolute atomic E-state index is 12.4. The van der Waals surface area contributed by atoms with E-state index in [1.165, 1.54) is 18.2 Å². The first kappa shape index (κ1) is 36.5. The van der Waals surface area contributed by atoms with Crippen LogP contribution in [-0.2, 0) is 23.7 Å². The average molecular weight is 598 g/mol. The van der Waals surface area contributed by atoms with Gasteiger partial charge in [0.05, 0.1) is 19.8 Å². The third-order valence-electron chi connectivity index (χ3n) is 6.47. The average Bonchev–Trinajstić information content (AvgIpc) is 2.93. The number of nitrogens with two attached hydrogens (primary N) is 1. The highest BCUT2D eigenvalue weighted by Gasteiger charge is 2.36. The molecule has 1 rings (SSSR count). The molecule has 4 atom stereocenters. The molecule has 0 spiro atoms. The minimum absolute atomic E-state index is 0.101. The summed E-state index contributed by atoms with van der Waals surface area (Å²) in [7, 11) is 0. The molecular formula is C30H47NO11. The Morgan fingerprint density at radius 2 is 1.33 bits per heavy atom. The van der Waals surface area contributed by atoms with Gasteiger partial charge in [0.1, 0.15) is 12.1 Å². The molecule has 0 aromatic heterocycles. The van der Waals surface area contributed by atoms with Crippen LogP contribution in [-0.4, -0.2) is 61.5 Å². The smallest absolute Gasteiger partial charge is 0.480 e. The second-order valence-corrected chi connectivity index (χ2v) is 10.5. The molecule has 0 aliphatic rings. The number of carboxylic acid groups (broad SMARTS) is 1. The van der Waals surface area contributed by atoms with Gasteiger partial charge in [0, 0.05) is 11.8 Å². The van der Waals surface area contributed by atoms with Gasteiger partial charge in [-0.05, 0) is 43.4 Å². The highest BCUT2D eigenvalue weighted by atomic mass is 16.7. The van der Waals surface area contributed by atoms with Crippen LogP contribution < -0.4 is 15.2 Å². The van der Waals surface area contributed by atoms with Gasteiger partial charge in [0.15, 0.2) is 11.5 Å². The van der Waals surface area contributed by atoms with Crippen LogP contribution in [0.25, 0.3) is 0 Å². The third-order valence-corrected chi connectivity index (χ3v) is 6.47. The summed E-state index contributed by atoms with van der Waals surface area (Å²) in [6.45, 7) is 11.5. The largest absolute Gasteiger partial charge is 0.513 e. The standard InChI is InChI=1S/C30H47NO11/c1-7-9-11-15-37-28(34)41-23-14-13-22(17-24(23)42-29(35)38-16-12-10-8-2)25(26(31)27(32)33)20(5)21(6)40-30(36)39-18-19(3)4/h13-14,17,19-21,25-26H,7-12,15-16,18,31H2,1-6H3,(H,32,33)/t20?,21?,25?,26-/m0/s1. The van der Waals surface area contributed by atoms with Crippen LogP contribution in [0.4, 0.5) is 14.4 Å². The van der Waals surface area contributed by atoms with Crippen molar-refractivity contribution in [1.82, 2.24) is 0 Å². The van der Waals surface area contributed by atoms with E-state index in [2.05, 4.69) is 0 Å². The fraction of sp³-hybridized carbons (Fsp3) is 0.667. The second kappa shape index (κ2) is 19.6. The van der Waals surface area contributed by atoms with Gasteiger partial charge in [-0.15, -0.1) is 0 Å². The fourth-order valence-electron chi connectivity index (χ4n) is 3.96. The summed E-state index contributed by atoms with van der Waals surface area (Å²) in [5, 5.41) is 9.77. The van der Waals surface area contributed by atoms with E-state index in [-0.39, 0.29) is 37.2 Å². The molecule has 0 bridgehead atoms. The number of carboxylic acids is 1. The molecule has 0 saturated heterocycles. The lowest BCUT2D eigenvalue weighted by molar-refractivity contribution is -0.139. The van der Waals surface area contributed by atoms with E-state index in [0.29, 0.717) is 18.4 Å². The molecule has 0 saturated carbocycles. The monoisotopic (exact) mass is 597 g/mol. The van der Waals surface area contributed by atoms with Gasteiger partial charge in [-0.2, -0.15) is 0 Å². The molecule has 1 aromatic rings. The van der Waals surface area contributed by atoms with Gasteiger partial charge in [0.2, 0.25) is 0 Å². The lowest BCUT2D eigenvalue weighted by Gasteiger charge is -2.31. The van der Waals surface area contributed by atoms with Crippen LogP contribution in [0.3, 0.4) is 0 Å². The van der Waals surface area contributed by atoms with Crippen LogP contribution in [0.5, 0.6) is 11.5 Å². The van der Waals surface area contributed by atoms with E-state index >= 15 is 0 Å². The molecule has 12 heteroatoms. The van der Waals surface area contributed by atoms with Crippen LogP contribution in [0.1, 0.15) is 91.5 Å². The van der Waals surface area contributed by atoms with Gasteiger partial charge in [-0.1, -0.05) is 66.4 Å². The summed E-state index contributed by atoms with van der Waals surface area (Å²) in [5.74, 6) is -3.08. The van der Waals surface area contributed by atoms with E-state index in [4.69, 9.17) is 34.2 Å². The van der Waals surface area contributed by atoms with Crippen molar-refractivity contribution in [3.63, 3.8) is 0 Å². The molecule has 3 unspecified atom stereocenters. The zero-order valence-electron chi connectivity index (χ0n) is 25.6. The van der Waals surface area contributed by atoms with Crippen LogP contribution >= 0.6 is 0 Å². The number of hydrogen-bond donors (Lipinski definition) is 2. The normalized spacial score (nSPS) is 13.8. The highest BCUT2D eigenvalue weighted by molar-refractivity contribution is 5.75. The molecule has 0 aliphatic carbocycles. The predicted octanol–water partition coefficient (Wildman–Crippen LogP) is 6.43. The number of carbonyl (C=O) groups excluding carboxylic acids is 3. The summed E-state index contributed by atoms with van der Waals surface area (Å²) in [4.78, 5) is 48.9. The first-order valence-electron chi connectivity index (χ1n) is 14.6. The number of aliphatic carboxylic acids is 1. The maximum Gasteiger partial charge on any atom is 0.513 e. The molecular weight excluding hydrogens is 550 g/mol. The van der Waals surface area contributed by atoms with Crippen molar-refractivity contribution in [2.45, 2.75) is 98.1 Å². The van der Waals surface area contributed by atoms with Crippen molar-refractivity contribution < 1.29 is 52.7 Å². The quantitative estimate of drug-likeness (QED) is 0.0824. The summed E-state index contributed by atoms with van der Waals surface area (Å²) in [5.41, 5.74) is 6.43. The molecule has 3 N–H and O–H groups in total. The van der Waals surface area contributed by atoms with Gasteiger partial charge in [0.25, 0.3) is 0 Å². The maximum atomic E-state index is 12.4. The van der Waals surface area contributed by atoms with Gasteiger partial charge >= 0.3 is 24.4 Å². The highest BCUT2D eigenvalue weighted by Crippen LogP contribution is 2.37. The predicted molar refractivity (Wildman–Crippen MR) is 154 cm³/mol. The van der Waals surface area contributed by atoms with Crippen molar-refractivity contribution in [2.75, 3.05) is 19.8 Å². The van der Waals surface area contributed by atoms with Crippen molar-refractivity contribution in [2.24, 2.45) is 17.6 Å².